The summed E-state index contributed by atoms with van der Waals surface area (Å²) in [7, 11) is 7.13. The summed E-state index contributed by atoms with van der Waals surface area (Å²) in [4.78, 5) is 25.1. The second-order valence-electron chi connectivity index (χ2n) is 5.63. The van der Waals surface area contributed by atoms with Crippen LogP contribution in [0, 0.1) is 0 Å². The van der Waals surface area contributed by atoms with Crippen molar-refractivity contribution in [2.75, 3.05) is 35.5 Å². The average Bonchev–Trinajstić information content (AvgIpc) is 2.72. The van der Waals surface area contributed by atoms with Crippen molar-refractivity contribution in [3.63, 3.8) is 0 Å². The summed E-state index contributed by atoms with van der Waals surface area (Å²) in [5.74, 6) is 0.128. The Labute approximate surface area is 176 Å². The summed E-state index contributed by atoms with van der Waals surface area (Å²) >= 11 is 3.34. The molecule has 0 aromatic heterocycles. The molecule has 0 aliphatic rings. The topological polar surface area (TPSA) is 89.5 Å². The van der Waals surface area contributed by atoms with E-state index in [0.717, 1.165) is 0 Å². The molecule has 0 atom stereocenters. The van der Waals surface area contributed by atoms with Crippen LogP contribution in [-0.2, 0) is 0 Å². The predicted octanol–water partition coefficient (Wildman–Crippen LogP) is 3.91. The third-order valence-electron chi connectivity index (χ3n) is 4.06. The largest absolute Gasteiger partial charge is 0.493 e. The van der Waals surface area contributed by atoms with Gasteiger partial charge in [-0.3, -0.25) is 4.79 Å². The van der Waals surface area contributed by atoms with E-state index >= 15 is 0 Å². The van der Waals surface area contributed by atoms with E-state index in [-0.39, 0.29) is 39.9 Å². The van der Waals surface area contributed by atoms with Crippen molar-refractivity contribution < 1.29 is 38.0 Å². The van der Waals surface area contributed by atoms with Crippen LogP contribution in [0.1, 0.15) is 27.6 Å². The Kier molecular flexibility index (Phi) is 7.33. The van der Waals surface area contributed by atoms with E-state index in [0.29, 0.717) is 16.0 Å². The zero-order valence-electron chi connectivity index (χ0n) is 16.9. The number of methoxy groups -OCH3 is 5. The van der Waals surface area contributed by atoms with Crippen molar-refractivity contribution in [2.45, 2.75) is 6.92 Å². The molecule has 0 aliphatic heterocycles. The van der Waals surface area contributed by atoms with Gasteiger partial charge in [0.05, 0.1) is 51.1 Å². The fraction of sp³-hybridized carbons (Fsp3) is 0.300. The summed E-state index contributed by atoms with van der Waals surface area (Å²) < 4.78 is 32.3. The Morgan fingerprint density at radius 1 is 0.724 bits per heavy atom. The summed E-state index contributed by atoms with van der Waals surface area (Å²) in [6.45, 7) is 1.36. The van der Waals surface area contributed by atoms with Crippen LogP contribution < -0.4 is 28.4 Å². The van der Waals surface area contributed by atoms with Gasteiger partial charge >= 0.3 is 5.97 Å². The molecule has 0 amide bonds. The number of Topliss-reactive ketones (excluding diaryl/α,β-unsaturated/α-hetero) is 1. The third kappa shape index (κ3) is 4.24. The van der Waals surface area contributed by atoms with E-state index < -0.39 is 5.97 Å². The monoisotopic (exact) mass is 468 g/mol. The lowest BCUT2D eigenvalue weighted by Gasteiger charge is -2.18. The quantitative estimate of drug-likeness (QED) is 0.327. The first-order chi connectivity index (χ1) is 13.8. The zero-order chi connectivity index (χ0) is 21.7. The first kappa shape index (κ1) is 22.4. The van der Waals surface area contributed by atoms with Crippen molar-refractivity contribution in [1.82, 2.24) is 0 Å². The fourth-order valence-electron chi connectivity index (χ4n) is 2.69. The molecule has 0 saturated heterocycles. The van der Waals surface area contributed by atoms with Gasteiger partial charge in [-0.25, -0.2) is 4.79 Å². The van der Waals surface area contributed by atoms with E-state index in [9.17, 15) is 9.59 Å². The second kappa shape index (κ2) is 9.51. The Balaban J connectivity index is 2.63. The summed E-state index contributed by atoms with van der Waals surface area (Å²) in [5, 5.41) is 0. The maximum absolute atomic E-state index is 13.0. The highest BCUT2D eigenvalue weighted by atomic mass is 79.9. The van der Waals surface area contributed by atoms with Gasteiger partial charge in [0.2, 0.25) is 11.5 Å². The average molecular weight is 469 g/mol. The van der Waals surface area contributed by atoms with Crippen molar-refractivity contribution in [3.8, 4) is 34.5 Å². The summed E-state index contributed by atoms with van der Waals surface area (Å²) in [5.41, 5.74) is 0.262. The van der Waals surface area contributed by atoms with Crippen LogP contribution in [0.5, 0.6) is 34.5 Å². The van der Waals surface area contributed by atoms with Gasteiger partial charge in [0.15, 0.2) is 28.8 Å². The Morgan fingerprint density at radius 2 is 1.28 bits per heavy atom. The van der Waals surface area contributed by atoms with Gasteiger partial charge in [-0.05, 0) is 41.1 Å². The van der Waals surface area contributed by atoms with E-state index in [1.165, 1.54) is 54.6 Å². The van der Waals surface area contributed by atoms with Crippen molar-refractivity contribution >= 4 is 27.7 Å². The predicted molar refractivity (Wildman–Crippen MR) is 108 cm³/mol. The van der Waals surface area contributed by atoms with Gasteiger partial charge in [-0.2, -0.15) is 0 Å². The number of halogens is 1. The van der Waals surface area contributed by atoms with Crippen LogP contribution in [0.15, 0.2) is 22.7 Å². The number of esters is 1. The minimum atomic E-state index is -0.773. The van der Waals surface area contributed by atoms with Gasteiger partial charge in [0.1, 0.15) is 0 Å². The molecule has 8 nitrogen and oxygen atoms in total. The molecule has 2 rings (SSSR count). The first-order valence-electron chi connectivity index (χ1n) is 8.31. The number of hydrogen-bond donors (Lipinski definition) is 0. The van der Waals surface area contributed by atoms with Crippen LogP contribution in [0.25, 0.3) is 0 Å². The smallest absolute Gasteiger partial charge is 0.345 e. The van der Waals surface area contributed by atoms with Crippen molar-refractivity contribution in [1.29, 1.82) is 0 Å². The second-order valence-corrected chi connectivity index (χ2v) is 6.42. The van der Waals surface area contributed by atoms with Crippen LogP contribution in [0.4, 0.5) is 0 Å². The molecule has 9 heteroatoms. The van der Waals surface area contributed by atoms with Gasteiger partial charge in [0, 0.05) is 0 Å². The van der Waals surface area contributed by atoms with Gasteiger partial charge in [0.25, 0.3) is 0 Å². The molecular weight excluding hydrogens is 448 g/mol. The molecule has 0 fully saturated rings. The molecule has 156 valence electrons. The standard InChI is InChI=1S/C20H21BrO8/c1-10(22)11-7-8-13(24-2)17(26-4)16(11)29-20(23)12-9-14(25-3)18(27-5)19(28-6)15(12)21/h7-9H,1-6H3. The van der Waals surface area contributed by atoms with E-state index in [1.54, 1.807) is 6.07 Å². The first-order valence-corrected chi connectivity index (χ1v) is 9.10. The number of ketones is 1. The molecule has 0 bridgehead atoms. The number of carbonyl (C=O) groups excluding carboxylic acids is 2. The molecule has 0 spiro atoms. The van der Waals surface area contributed by atoms with E-state index in [4.69, 9.17) is 28.4 Å². The molecule has 2 aromatic rings. The number of benzene rings is 2. The maximum atomic E-state index is 13.0. The van der Waals surface area contributed by atoms with Crippen LogP contribution in [0.2, 0.25) is 0 Å². The molecule has 2 aromatic carbocycles. The van der Waals surface area contributed by atoms with Gasteiger partial charge < -0.3 is 28.4 Å². The van der Waals surface area contributed by atoms with E-state index in [2.05, 4.69) is 15.9 Å². The van der Waals surface area contributed by atoms with Crippen LogP contribution in [-0.4, -0.2) is 47.3 Å². The van der Waals surface area contributed by atoms with Crippen LogP contribution in [0.3, 0.4) is 0 Å². The number of rotatable bonds is 8. The molecule has 0 aliphatic carbocycles. The molecule has 0 unspecified atom stereocenters. The SMILES string of the molecule is COc1ccc(C(C)=O)c(OC(=O)c2cc(OC)c(OC)c(OC)c2Br)c1OC. The number of carbonyl (C=O) groups is 2. The van der Waals surface area contributed by atoms with Crippen LogP contribution >= 0.6 is 15.9 Å². The lowest BCUT2D eigenvalue weighted by Crippen LogP contribution is -2.14. The number of ether oxygens (including phenoxy) is 6. The lowest BCUT2D eigenvalue weighted by atomic mass is 10.1. The normalized spacial score (nSPS) is 10.2. The molecule has 0 radical (unpaired) electrons. The van der Waals surface area contributed by atoms with Crippen molar-refractivity contribution in [2.24, 2.45) is 0 Å². The minimum absolute atomic E-state index is 0.0509. The Hall–Kier alpha value is -2.94. The summed E-state index contributed by atoms with van der Waals surface area (Å²) in [6.07, 6.45) is 0. The highest BCUT2D eigenvalue weighted by Crippen LogP contribution is 2.46. The maximum Gasteiger partial charge on any atom is 0.345 e. The highest BCUT2D eigenvalue weighted by Gasteiger charge is 2.27. The molecule has 0 saturated carbocycles. The summed E-state index contributed by atoms with van der Waals surface area (Å²) in [6, 6.07) is 4.49. The third-order valence-corrected chi connectivity index (χ3v) is 4.85. The molecular formula is C20H21BrO8. The highest BCUT2D eigenvalue weighted by molar-refractivity contribution is 9.10. The van der Waals surface area contributed by atoms with E-state index in [1.807, 2.05) is 0 Å². The number of hydrogen-bond acceptors (Lipinski definition) is 8. The molecule has 0 N–H and O–H groups in total. The lowest BCUT2D eigenvalue weighted by molar-refractivity contribution is 0.0725. The fourth-order valence-corrected chi connectivity index (χ4v) is 3.31. The van der Waals surface area contributed by atoms with Crippen molar-refractivity contribution in [3.05, 3.63) is 33.8 Å². The molecule has 0 heterocycles. The Bertz CT molecular complexity index is 939. The minimum Gasteiger partial charge on any atom is -0.493 e. The Morgan fingerprint density at radius 3 is 1.76 bits per heavy atom. The van der Waals surface area contributed by atoms with Gasteiger partial charge in [-0.1, -0.05) is 0 Å². The molecule has 29 heavy (non-hydrogen) atoms. The zero-order valence-corrected chi connectivity index (χ0v) is 18.5. The van der Waals surface area contributed by atoms with Gasteiger partial charge in [-0.15, -0.1) is 0 Å².